The minimum absolute atomic E-state index is 0.510. The fraction of sp³-hybridized carbons (Fsp3) is 0.545. The summed E-state index contributed by atoms with van der Waals surface area (Å²) in [6.07, 6.45) is 1.87. The summed E-state index contributed by atoms with van der Waals surface area (Å²) >= 11 is 0. The monoisotopic (exact) mass is 178 g/mol. The molecule has 1 aromatic rings. The third-order valence-corrected chi connectivity index (χ3v) is 2.16. The van der Waals surface area contributed by atoms with Crippen LogP contribution in [-0.2, 0) is 0 Å². The van der Waals surface area contributed by atoms with Crippen molar-refractivity contribution in [2.75, 3.05) is 20.6 Å². The highest BCUT2D eigenvalue weighted by atomic mass is 15.1. The lowest BCUT2D eigenvalue weighted by atomic mass is 10.0. The smallest absolute Gasteiger partial charge is 0.0473 e. The molecule has 0 aliphatic heterocycles. The Morgan fingerprint density at radius 2 is 2.15 bits per heavy atom. The van der Waals surface area contributed by atoms with Crippen LogP contribution in [0.1, 0.15) is 24.1 Å². The third-order valence-electron chi connectivity index (χ3n) is 2.16. The van der Waals surface area contributed by atoms with Gasteiger partial charge in [0.2, 0.25) is 0 Å². The molecule has 0 spiro atoms. The molecule has 1 atom stereocenters. The highest BCUT2D eigenvalue weighted by molar-refractivity contribution is 5.21. The van der Waals surface area contributed by atoms with Gasteiger partial charge in [-0.05, 0) is 32.6 Å². The van der Waals surface area contributed by atoms with E-state index >= 15 is 0 Å². The first-order chi connectivity index (χ1) is 6.11. The molecule has 0 aromatic carbocycles. The van der Waals surface area contributed by atoms with Gasteiger partial charge in [0.05, 0.1) is 0 Å². The predicted octanol–water partition coefficient (Wildman–Crippen LogP) is 2.06. The van der Waals surface area contributed by atoms with Crippen molar-refractivity contribution in [2.24, 2.45) is 0 Å². The molecule has 0 bridgehead atoms. The maximum Gasteiger partial charge on any atom is 0.0473 e. The maximum absolute atomic E-state index is 4.40. The number of hydrogen-bond acceptors (Lipinski definition) is 2. The Morgan fingerprint density at radius 1 is 1.46 bits per heavy atom. The molecule has 0 N–H and O–H groups in total. The van der Waals surface area contributed by atoms with Crippen LogP contribution in [0.2, 0.25) is 0 Å². The predicted molar refractivity (Wildman–Crippen MR) is 55.9 cm³/mol. The molecule has 0 aliphatic carbocycles. The van der Waals surface area contributed by atoms with Crippen molar-refractivity contribution in [2.45, 2.75) is 19.8 Å². The Morgan fingerprint density at radius 3 is 2.69 bits per heavy atom. The highest BCUT2D eigenvalue weighted by Crippen LogP contribution is 2.16. The van der Waals surface area contributed by atoms with Crippen LogP contribution in [0.15, 0.2) is 18.3 Å². The van der Waals surface area contributed by atoms with E-state index < -0.39 is 0 Å². The van der Waals surface area contributed by atoms with E-state index in [-0.39, 0.29) is 0 Å². The van der Waals surface area contributed by atoms with Crippen molar-refractivity contribution in [1.82, 2.24) is 9.88 Å². The number of nitrogens with zero attached hydrogens (tertiary/aromatic N) is 2. The average molecular weight is 178 g/mol. The number of likely N-dealkylation sites (N-methyl/N-ethyl adjacent to an activating group) is 1. The van der Waals surface area contributed by atoms with Crippen molar-refractivity contribution in [1.29, 1.82) is 0 Å². The SMILES string of the molecule is Cc1cccnc1C(C)CN(C)C. The minimum Gasteiger partial charge on any atom is -0.309 e. The molecule has 0 fully saturated rings. The zero-order valence-corrected chi connectivity index (χ0v) is 8.91. The summed E-state index contributed by atoms with van der Waals surface area (Å²) in [5, 5.41) is 0. The second-order valence-electron chi connectivity index (χ2n) is 3.87. The molecule has 1 rings (SSSR count). The van der Waals surface area contributed by atoms with E-state index in [1.54, 1.807) is 0 Å². The highest BCUT2D eigenvalue weighted by Gasteiger charge is 2.09. The first kappa shape index (κ1) is 10.2. The van der Waals surface area contributed by atoms with Crippen LogP contribution < -0.4 is 0 Å². The van der Waals surface area contributed by atoms with E-state index in [9.17, 15) is 0 Å². The first-order valence-corrected chi connectivity index (χ1v) is 4.67. The van der Waals surface area contributed by atoms with Gasteiger partial charge >= 0.3 is 0 Å². The Kier molecular flexibility index (Phi) is 3.43. The Balaban J connectivity index is 2.76. The van der Waals surface area contributed by atoms with Crippen LogP contribution in [0, 0.1) is 6.92 Å². The maximum atomic E-state index is 4.40. The lowest BCUT2D eigenvalue weighted by molar-refractivity contribution is 0.379. The standard InChI is InChI=1S/C11H18N2/c1-9-6-5-7-12-11(9)10(2)8-13(3)4/h5-7,10H,8H2,1-4H3. The van der Waals surface area contributed by atoms with Gasteiger partial charge in [0.25, 0.3) is 0 Å². The van der Waals surface area contributed by atoms with Gasteiger partial charge in [-0.2, -0.15) is 0 Å². The second kappa shape index (κ2) is 4.38. The van der Waals surface area contributed by atoms with Gasteiger partial charge in [0.1, 0.15) is 0 Å². The summed E-state index contributed by atoms with van der Waals surface area (Å²) in [6.45, 7) is 5.39. The lowest BCUT2D eigenvalue weighted by Crippen LogP contribution is -2.19. The normalized spacial score (nSPS) is 13.3. The summed E-state index contributed by atoms with van der Waals surface area (Å²) in [6, 6.07) is 4.11. The molecule has 1 heterocycles. The van der Waals surface area contributed by atoms with Crippen molar-refractivity contribution in [3.8, 4) is 0 Å². The average Bonchev–Trinajstić information content (AvgIpc) is 2.03. The first-order valence-electron chi connectivity index (χ1n) is 4.67. The molecule has 0 amide bonds. The fourth-order valence-electron chi connectivity index (χ4n) is 1.65. The van der Waals surface area contributed by atoms with Gasteiger partial charge in [-0.1, -0.05) is 13.0 Å². The Bertz CT molecular complexity index is 269. The molecular formula is C11H18N2. The molecule has 72 valence electrons. The Hall–Kier alpha value is -0.890. The molecule has 0 aliphatic rings. The summed E-state index contributed by atoms with van der Waals surface area (Å²) < 4.78 is 0. The van der Waals surface area contributed by atoms with Crippen LogP contribution >= 0.6 is 0 Å². The summed E-state index contributed by atoms with van der Waals surface area (Å²) in [7, 11) is 4.18. The van der Waals surface area contributed by atoms with Crippen molar-refractivity contribution < 1.29 is 0 Å². The fourth-order valence-corrected chi connectivity index (χ4v) is 1.65. The molecule has 2 heteroatoms. The molecule has 1 unspecified atom stereocenters. The molecule has 0 saturated carbocycles. The third kappa shape index (κ3) is 2.81. The second-order valence-corrected chi connectivity index (χ2v) is 3.87. The number of rotatable bonds is 3. The van der Waals surface area contributed by atoms with Crippen LogP contribution in [0.5, 0.6) is 0 Å². The van der Waals surface area contributed by atoms with E-state index in [0.29, 0.717) is 5.92 Å². The van der Waals surface area contributed by atoms with Crippen LogP contribution in [0.4, 0.5) is 0 Å². The van der Waals surface area contributed by atoms with Crippen LogP contribution in [0.3, 0.4) is 0 Å². The molecule has 1 aromatic heterocycles. The molecule has 0 radical (unpaired) electrons. The lowest BCUT2D eigenvalue weighted by Gasteiger charge is -2.17. The van der Waals surface area contributed by atoms with Crippen molar-refractivity contribution in [3.63, 3.8) is 0 Å². The van der Waals surface area contributed by atoms with E-state index in [2.05, 4.69) is 43.9 Å². The van der Waals surface area contributed by atoms with Gasteiger partial charge in [0.15, 0.2) is 0 Å². The summed E-state index contributed by atoms with van der Waals surface area (Å²) in [4.78, 5) is 6.60. The van der Waals surface area contributed by atoms with Gasteiger partial charge in [0, 0.05) is 24.4 Å². The van der Waals surface area contributed by atoms with E-state index in [0.717, 1.165) is 6.54 Å². The summed E-state index contributed by atoms with van der Waals surface area (Å²) in [5.74, 6) is 0.510. The molecule has 13 heavy (non-hydrogen) atoms. The minimum atomic E-state index is 0.510. The number of aromatic nitrogens is 1. The molecule has 0 saturated heterocycles. The van der Waals surface area contributed by atoms with E-state index in [4.69, 9.17) is 0 Å². The summed E-state index contributed by atoms with van der Waals surface area (Å²) in [5.41, 5.74) is 2.51. The molecule has 2 nitrogen and oxygen atoms in total. The van der Waals surface area contributed by atoms with Gasteiger partial charge in [-0.15, -0.1) is 0 Å². The van der Waals surface area contributed by atoms with Crippen LogP contribution in [-0.4, -0.2) is 30.5 Å². The number of pyridine rings is 1. The van der Waals surface area contributed by atoms with E-state index in [1.165, 1.54) is 11.3 Å². The quantitative estimate of drug-likeness (QED) is 0.704. The number of aryl methyl sites for hydroxylation is 1. The topological polar surface area (TPSA) is 16.1 Å². The van der Waals surface area contributed by atoms with E-state index in [1.807, 2.05) is 12.3 Å². The number of hydrogen-bond donors (Lipinski definition) is 0. The van der Waals surface area contributed by atoms with Gasteiger partial charge < -0.3 is 4.90 Å². The van der Waals surface area contributed by atoms with Crippen molar-refractivity contribution in [3.05, 3.63) is 29.6 Å². The largest absolute Gasteiger partial charge is 0.309 e. The van der Waals surface area contributed by atoms with Gasteiger partial charge in [-0.3, -0.25) is 4.98 Å². The van der Waals surface area contributed by atoms with Crippen molar-refractivity contribution >= 4 is 0 Å². The molecular weight excluding hydrogens is 160 g/mol. The van der Waals surface area contributed by atoms with Gasteiger partial charge in [-0.25, -0.2) is 0 Å². The Labute approximate surface area is 80.6 Å². The zero-order valence-electron chi connectivity index (χ0n) is 8.91. The van der Waals surface area contributed by atoms with Crippen LogP contribution in [0.25, 0.3) is 0 Å². The zero-order chi connectivity index (χ0) is 9.84.